The molecule has 1 saturated heterocycles. The molecular weight excluding hydrogens is 368 g/mol. The summed E-state index contributed by atoms with van der Waals surface area (Å²) < 4.78 is 28.0. The van der Waals surface area contributed by atoms with Crippen LogP contribution < -0.4 is 10.6 Å². The highest BCUT2D eigenvalue weighted by molar-refractivity contribution is 7.92. The molecule has 2 rings (SSSR count). The number of hydrogen-bond donors (Lipinski definition) is 2. The zero-order valence-electron chi connectivity index (χ0n) is 14.2. The van der Waals surface area contributed by atoms with Crippen molar-refractivity contribution in [2.75, 3.05) is 31.3 Å². The molecule has 1 aromatic carbocycles. The van der Waals surface area contributed by atoms with Crippen molar-refractivity contribution in [2.45, 2.75) is 24.5 Å². The second kappa shape index (κ2) is 8.64. The van der Waals surface area contributed by atoms with Gasteiger partial charge in [-0.05, 0) is 51.1 Å². The van der Waals surface area contributed by atoms with Crippen LogP contribution in [0.5, 0.6) is 0 Å². The van der Waals surface area contributed by atoms with Crippen molar-refractivity contribution < 1.29 is 22.7 Å². The van der Waals surface area contributed by atoms with Crippen LogP contribution in [0.3, 0.4) is 0 Å². The number of carbonyl (C=O) groups is 2. The van der Waals surface area contributed by atoms with E-state index in [-0.39, 0.29) is 31.9 Å². The van der Waals surface area contributed by atoms with Crippen molar-refractivity contribution in [3.8, 4) is 0 Å². The quantitative estimate of drug-likeness (QED) is 0.737. The lowest BCUT2D eigenvalue weighted by atomic mass is 9.95. The summed E-state index contributed by atoms with van der Waals surface area (Å²) in [6, 6.07) is 6.27. The van der Waals surface area contributed by atoms with E-state index in [1.54, 1.807) is 25.1 Å². The lowest BCUT2D eigenvalue weighted by molar-refractivity contribution is -0.119. The van der Waals surface area contributed by atoms with Crippen LogP contribution in [0, 0.1) is 0 Å². The molecule has 1 heterocycles. The second-order valence-corrected chi connectivity index (χ2v) is 8.10. The highest BCUT2D eigenvalue weighted by atomic mass is 35.5. The second-order valence-electron chi connectivity index (χ2n) is 5.77. The highest BCUT2D eigenvalue weighted by Gasteiger charge is 2.48. The van der Waals surface area contributed by atoms with Crippen molar-refractivity contribution in [3.63, 3.8) is 0 Å². The number of carbonyl (C=O) groups excluding carboxylic acids is 2. The molecule has 0 atom stereocenters. The number of halogens is 1. The highest BCUT2D eigenvalue weighted by Crippen LogP contribution is 2.29. The van der Waals surface area contributed by atoms with Crippen molar-refractivity contribution in [1.82, 2.24) is 5.32 Å². The standard InChI is InChI=1S/C16H22N2O5S.ClH/c1-3-23-14(19)12-5-4-6-13(11-12)18-15(20)16(24(2,21)22)7-9-17-10-8-16;/h4-6,11,17H,3,7-10H2,1-2H3,(H,18,20);1H. The van der Waals surface area contributed by atoms with Crippen LogP contribution in [0.1, 0.15) is 30.1 Å². The number of benzene rings is 1. The smallest absolute Gasteiger partial charge is 0.338 e. The van der Waals surface area contributed by atoms with Crippen molar-refractivity contribution in [3.05, 3.63) is 29.8 Å². The van der Waals surface area contributed by atoms with Crippen molar-refractivity contribution >= 4 is 39.8 Å². The van der Waals surface area contributed by atoms with Crippen LogP contribution in [0.4, 0.5) is 5.69 Å². The Balaban J connectivity index is 0.00000312. The van der Waals surface area contributed by atoms with Crippen LogP contribution in [0.25, 0.3) is 0 Å². The molecule has 2 N–H and O–H groups in total. The summed E-state index contributed by atoms with van der Waals surface area (Å²) in [5.41, 5.74) is 0.667. The molecule has 1 aromatic rings. The van der Waals surface area contributed by atoms with Gasteiger partial charge in [0.15, 0.2) is 14.6 Å². The van der Waals surface area contributed by atoms with E-state index < -0.39 is 26.5 Å². The Hall–Kier alpha value is -1.64. The Morgan fingerprint density at radius 2 is 1.92 bits per heavy atom. The number of anilines is 1. The third-order valence-electron chi connectivity index (χ3n) is 4.17. The maximum Gasteiger partial charge on any atom is 0.338 e. The number of rotatable bonds is 5. The van der Waals surface area contributed by atoms with Gasteiger partial charge in [0.2, 0.25) is 5.91 Å². The molecule has 0 bridgehead atoms. The molecule has 1 aliphatic heterocycles. The van der Waals surface area contributed by atoms with Crippen LogP contribution >= 0.6 is 12.4 Å². The lowest BCUT2D eigenvalue weighted by Crippen LogP contribution is -2.55. The van der Waals surface area contributed by atoms with Gasteiger partial charge in [-0.1, -0.05) is 6.07 Å². The molecule has 0 saturated carbocycles. The molecule has 0 aromatic heterocycles. The average molecular weight is 391 g/mol. The lowest BCUT2D eigenvalue weighted by Gasteiger charge is -2.34. The third-order valence-corrected chi connectivity index (χ3v) is 6.18. The van der Waals surface area contributed by atoms with E-state index in [9.17, 15) is 18.0 Å². The van der Waals surface area contributed by atoms with Gasteiger partial charge in [-0.25, -0.2) is 13.2 Å². The number of hydrogen-bond acceptors (Lipinski definition) is 6. The van der Waals surface area contributed by atoms with Crippen LogP contribution in [-0.4, -0.2) is 51.0 Å². The Morgan fingerprint density at radius 3 is 2.48 bits per heavy atom. The van der Waals surface area contributed by atoms with Gasteiger partial charge in [0.1, 0.15) is 0 Å². The van der Waals surface area contributed by atoms with E-state index in [0.29, 0.717) is 24.3 Å². The number of sulfone groups is 1. The van der Waals surface area contributed by atoms with Gasteiger partial charge in [0, 0.05) is 11.9 Å². The van der Waals surface area contributed by atoms with Gasteiger partial charge >= 0.3 is 5.97 Å². The average Bonchev–Trinajstić information content (AvgIpc) is 2.55. The summed E-state index contributed by atoms with van der Waals surface area (Å²) in [6.07, 6.45) is 1.53. The number of piperidine rings is 1. The molecule has 9 heteroatoms. The predicted molar refractivity (Wildman–Crippen MR) is 98.0 cm³/mol. The van der Waals surface area contributed by atoms with Crippen LogP contribution in [0.2, 0.25) is 0 Å². The molecule has 0 unspecified atom stereocenters. The minimum Gasteiger partial charge on any atom is -0.462 e. The fraction of sp³-hybridized carbons (Fsp3) is 0.500. The minimum absolute atomic E-state index is 0. The van der Waals surface area contributed by atoms with Gasteiger partial charge in [-0.15, -0.1) is 12.4 Å². The molecule has 0 radical (unpaired) electrons. The summed E-state index contributed by atoms with van der Waals surface area (Å²) in [5.74, 6) is -1.05. The first kappa shape index (κ1) is 21.4. The molecule has 1 aliphatic rings. The van der Waals surface area contributed by atoms with Crippen LogP contribution in [0.15, 0.2) is 24.3 Å². The van der Waals surface area contributed by atoms with E-state index in [1.165, 1.54) is 6.07 Å². The monoisotopic (exact) mass is 390 g/mol. The van der Waals surface area contributed by atoms with E-state index in [0.717, 1.165) is 6.26 Å². The summed E-state index contributed by atoms with van der Waals surface area (Å²) in [4.78, 5) is 24.5. The summed E-state index contributed by atoms with van der Waals surface area (Å²) >= 11 is 0. The van der Waals surface area contributed by atoms with Crippen molar-refractivity contribution in [1.29, 1.82) is 0 Å². The molecular formula is C16H23ClN2O5S. The zero-order chi connectivity index (χ0) is 17.8. The largest absolute Gasteiger partial charge is 0.462 e. The predicted octanol–water partition coefficient (Wildman–Crippen LogP) is 1.39. The number of esters is 1. The molecule has 25 heavy (non-hydrogen) atoms. The molecule has 0 spiro atoms. The fourth-order valence-electron chi connectivity index (χ4n) is 2.78. The minimum atomic E-state index is -3.59. The first-order valence-electron chi connectivity index (χ1n) is 7.79. The third kappa shape index (κ3) is 4.71. The number of nitrogens with one attached hydrogen (secondary N) is 2. The first-order chi connectivity index (χ1) is 11.3. The fourth-order valence-corrected chi connectivity index (χ4v) is 4.11. The molecule has 1 fully saturated rings. The molecule has 140 valence electrons. The van der Waals surface area contributed by atoms with Crippen molar-refractivity contribution in [2.24, 2.45) is 0 Å². The molecule has 0 aliphatic carbocycles. The Bertz CT molecular complexity index is 730. The summed E-state index contributed by atoms with van der Waals surface area (Å²) in [5, 5.41) is 5.71. The molecule has 1 amide bonds. The van der Waals surface area contributed by atoms with Gasteiger partial charge < -0.3 is 15.4 Å². The van der Waals surface area contributed by atoms with E-state index >= 15 is 0 Å². The number of amides is 1. The first-order valence-corrected chi connectivity index (χ1v) is 9.68. The summed E-state index contributed by atoms with van der Waals surface area (Å²) in [6.45, 7) is 2.88. The maximum absolute atomic E-state index is 12.7. The zero-order valence-corrected chi connectivity index (χ0v) is 15.8. The van der Waals surface area contributed by atoms with E-state index in [1.807, 2.05) is 0 Å². The maximum atomic E-state index is 12.7. The Labute approximate surface area is 153 Å². The van der Waals surface area contributed by atoms with Gasteiger partial charge in [0.05, 0.1) is 12.2 Å². The Morgan fingerprint density at radius 1 is 1.28 bits per heavy atom. The van der Waals surface area contributed by atoms with Gasteiger partial charge in [0.25, 0.3) is 0 Å². The van der Waals surface area contributed by atoms with Gasteiger partial charge in [-0.3, -0.25) is 4.79 Å². The van der Waals surface area contributed by atoms with E-state index in [2.05, 4.69) is 10.6 Å². The van der Waals surface area contributed by atoms with Crippen LogP contribution in [-0.2, 0) is 19.4 Å². The van der Waals surface area contributed by atoms with Gasteiger partial charge in [-0.2, -0.15) is 0 Å². The Kier molecular flexibility index (Phi) is 7.40. The topological polar surface area (TPSA) is 102 Å². The normalized spacial score (nSPS) is 16.4. The molecule has 7 nitrogen and oxygen atoms in total. The van der Waals surface area contributed by atoms with E-state index in [4.69, 9.17) is 4.74 Å². The number of ether oxygens (including phenoxy) is 1. The SMILES string of the molecule is CCOC(=O)c1cccc(NC(=O)C2(S(C)(=O)=O)CCNCC2)c1.Cl. The summed E-state index contributed by atoms with van der Waals surface area (Å²) in [7, 11) is -3.59.